The first-order chi connectivity index (χ1) is 51.7. The molecule has 548 valence electrons. The monoisotopic (exact) mass is 1440 g/mol. The largest absolute Gasteiger partial charge is 0.493 e. The Morgan fingerprint density at radius 3 is 1.35 bits per heavy atom. The number of aromatic nitrogens is 2. The molecule has 16 rings (SSSR count). The SMILES string of the molecule is Cc1ccc(-c2c(C)noc2C)cc1N(CC1CCC(COc2ccc3c(c2)C(=O)N(C2CCC(=O)NC2=O)C3=O)CC1)c1ccc(C2(C#N)CC2)cc1.Cc1ccc(-c2c(C)noc2C)cc1N(CC1CCC(COc2ccc3c(c2)CN(C2CCC(=O)NC2=O)C3=O)CC1)c1ccc(C2(C#N)CC2)cc1. The van der Waals surface area contributed by atoms with Gasteiger partial charge < -0.3 is 33.2 Å². The second-order valence-corrected chi connectivity index (χ2v) is 30.9. The van der Waals surface area contributed by atoms with E-state index in [-0.39, 0.29) is 53.0 Å². The summed E-state index contributed by atoms with van der Waals surface area (Å²) >= 11 is 0. The Morgan fingerprint density at radius 2 is 0.916 bits per heavy atom. The number of hydrogen-bond donors (Lipinski definition) is 2. The first kappa shape index (κ1) is 71.4. The fourth-order valence-corrected chi connectivity index (χ4v) is 17.0. The fraction of sp³-hybridized carbons (Fsp3) is 0.407. The number of benzene rings is 6. The van der Waals surface area contributed by atoms with Crippen LogP contribution >= 0.6 is 0 Å². The Hall–Kier alpha value is -11.2. The number of nitriles is 2. The van der Waals surface area contributed by atoms with Gasteiger partial charge in [0.1, 0.15) is 35.1 Å². The predicted molar refractivity (Wildman–Crippen MR) is 400 cm³/mol. The van der Waals surface area contributed by atoms with Gasteiger partial charge in [0.25, 0.3) is 17.7 Å². The zero-order valence-corrected chi connectivity index (χ0v) is 61.4. The molecule has 4 saturated carbocycles. The van der Waals surface area contributed by atoms with Gasteiger partial charge in [0, 0.05) is 71.9 Å². The van der Waals surface area contributed by atoms with Crippen molar-refractivity contribution in [2.45, 2.75) is 174 Å². The molecule has 8 aliphatic rings. The van der Waals surface area contributed by atoms with Crippen molar-refractivity contribution in [2.24, 2.45) is 23.7 Å². The van der Waals surface area contributed by atoms with E-state index in [1.165, 1.54) is 11.1 Å². The number of imide groups is 3. The third-order valence-corrected chi connectivity index (χ3v) is 23.7. The van der Waals surface area contributed by atoms with Crippen molar-refractivity contribution in [3.05, 3.63) is 189 Å². The third-order valence-electron chi connectivity index (χ3n) is 23.7. The summed E-state index contributed by atoms with van der Waals surface area (Å²) in [7, 11) is 0. The van der Waals surface area contributed by atoms with E-state index < -0.39 is 41.6 Å². The van der Waals surface area contributed by atoms with E-state index >= 15 is 0 Å². The molecule has 2 unspecified atom stereocenters. The highest BCUT2D eigenvalue weighted by molar-refractivity contribution is 6.23. The van der Waals surface area contributed by atoms with E-state index in [0.717, 1.165) is 185 Å². The molecule has 4 aliphatic heterocycles. The van der Waals surface area contributed by atoms with Crippen LogP contribution in [0.15, 0.2) is 130 Å². The number of nitrogens with zero attached hydrogens (tertiary/aromatic N) is 8. The predicted octanol–water partition coefficient (Wildman–Crippen LogP) is 14.9. The first-order valence-corrected chi connectivity index (χ1v) is 37.7. The molecular weight excluding hydrogens is 1350 g/mol. The van der Waals surface area contributed by atoms with E-state index in [2.05, 4.69) is 142 Å². The van der Waals surface area contributed by atoms with E-state index in [1.54, 1.807) is 29.2 Å². The van der Waals surface area contributed by atoms with Crippen LogP contribution in [0.5, 0.6) is 11.5 Å². The summed E-state index contributed by atoms with van der Waals surface area (Å²) in [5.74, 6) is 1.57. The van der Waals surface area contributed by atoms with Gasteiger partial charge in [-0.3, -0.25) is 49.1 Å². The first-order valence-electron chi connectivity index (χ1n) is 37.7. The number of anilines is 4. The molecule has 107 heavy (non-hydrogen) atoms. The summed E-state index contributed by atoms with van der Waals surface area (Å²) in [6.45, 7) is 15.3. The van der Waals surface area contributed by atoms with Crippen molar-refractivity contribution in [3.8, 4) is 45.9 Å². The number of nitrogens with one attached hydrogen (secondary N) is 2. The minimum Gasteiger partial charge on any atom is -0.493 e. The molecule has 2 N–H and O–H groups in total. The average molecular weight is 1440 g/mol. The van der Waals surface area contributed by atoms with Crippen LogP contribution in [0.25, 0.3) is 22.3 Å². The van der Waals surface area contributed by atoms with Crippen LogP contribution in [0, 0.1) is 87.9 Å². The lowest BCUT2D eigenvalue weighted by molar-refractivity contribution is -0.138. The zero-order valence-electron chi connectivity index (χ0n) is 61.4. The molecule has 6 aromatic carbocycles. The molecule has 2 aromatic heterocycles. The zero-order chi connectivity index (χ0) is 74.6. The van der Waals surface area contributed by atoms with Crippen molar-refractivity contribution in [1.82, 2.24) is 30.7 Å². The second kappa shape index (κ2) is 29.3. The Labute approximate surface area is 622 Å². The smallest absolute Gasteiger partial charge is 0.262 e. The summed E-state index contributed by atoms with van der Waals surface area (Å²) in [5.41, 5.74) is 16.2. The Kier molecular flexibility index (Phi) is 19.5. The van der Waals surface area contributed by atoms with Crippen LogP contribution in [0.4, 0.5) is 22.7 Å². The second-order valence-electron chi connectivity index (χ2n) is 30.9. The molecule has 4 aliphatic carbocycles. The number of fused-ring (bicyclic) bond motifs is 2. The molecule has 0 spiro atoms. The van der Waals surface area contributed by atoms with E-state index in [4.69, 9.17) is 18.5 Å². The van der Waals surface area contributed by atoms with Crippen LogP contribution in [-0.4, -0.2) is 99.9 Å². The summed E-state index contributed by atoms with van der Waals surface area (Å²) in [6, 6.07) is 44.2. The van der Waals surface area contributed by atoms with Gasteiger partial charge in [-0.05, 0) is 267 Å². The van der Waals surface area contributed by atoms with Gasteiger partial charge in [-0.15, -0.1) is 0 Å². The maximum absolute atomic E-state index is 13.3. The maximum Gasteiger partial charge on any atom is 0.262 e. The molecule has 6 heterocycles. The maximum atomic E-state index is 13.3. The summed E-state index contributed by atoms with van der Waals surface area (Å²) in [6.07, 6.45) is 12.8. The molecule has 0 radical (unpaired) electrons. The molecule has 7 amide bonds. The van der Waals surface area contributed by atoms with Crippen molar-refractivity contribution in [3.63, 3.8) is 0 Å². The number of hydrogen-bond acceptors (Lipinski definition) is 17. The lowest BCUT2D eigenvalue weighted by atomic mass is 9.82. The third kappa shape index (κ3) is 14.3. The number of amides is 7. The Bertz CT molecular complexity index is 4900. The minimum atomic E-state index is -1.00. The number of aryl methyl sites for hydroxylation is 6. The van der Waals surface area contributed by atoms with E-state index in [0.29, 0.717) is 61.2 Å². The fourth-order valence-electron chi connectivity index (χ4n) is 17.0. The van der Waals surface area contributed by atoms with Crippen LogP contribution < -0.4 is 29.9 Å². The van der Waals surface area contributed by atoms with Crippen LogP contribution in [-0.2, 0) is 36.6 Å². The van der Waals surface area contributed by atoms with Gasteiger partial charge >= 0.3 is 0 Å². The van der Waals surface area contributed by atoms with Gasteiger partial charge in [0.05, 0.1) is 58.7 Å². The Balaban J connectivity index is 0.000000171. The molecule has 6 fully saturated rings. The summed E-state index contributed by atoms with van der Waals surface area (Å²) < 4.78 is 23.6. The minimum absolute atomic E-state index is 0.0751. The van der Waals surface area contributed by atoms with Crippen molar-refractivity contribution in [2.75, 3.05) is 36.1 Å². The van der Waals surface area contributed by atoms with Crippen LogP contribution in [0.3, 0.4) is 0 Å². The van der Waals surface area contributed by atoms with Crippen LogP contribution in [0.1, 0.15) is 185 Å². The average Bonchev–Trinajstić information content (AvgIpc) is 1.64. The molecule has 2 atom stereocenters. The van der Waals surface area contributed by atoms with Gasteiger partial charge in [0.15, 0.2) is 0 Å². The molecule has 2 saturated heterocycles. The molecule has 21 heteroatoms. The lowest BCUT2D eigenvalue weighted by Crippen LogP contribution is -2.54. The summed E-state index contributed by atoms with van der Waals surface area (Å²) in [5, 5.41) is 32.6. The molecule has 8 aromatic rings. The van der Waals surface area contributed by atoms with Crippen molar-refractivity contribution >= 4 is 64.1 Å². The van der Waals surface area contributed by atoms with Crippen LogP contribution in [0.2, 0.25) is 0 Å². The number of carbonyl (C=O) groups is 7. The number of ether oxygens (including phenoxy) is 2. The van der Waals surface area contributed by atoms with Crippen molar-refractivity contribution < 1.29 is 52.1 Å². The molecule has 0 bridgehead atoms. The van der Waals surface area contributed by atoms with Gasteiger partial charge in [0.2, 0.25) is 23.6 Å². The van der Waals surface area contributed by atoms with Gasteiger partial charge in [-0.2, -0.15) is 10.5 Å². The number of rotatable bonds is 20. The highest BCUT2D eigenvalue weighted by atomic mass is 16.5. The molecule has 21 nitrogen and oxygen atoms in total. The van der Waals surface area contributed by atoms with E-state index in [9.17, 15) is 44.1 Å². The highest BCUT2D eigenvalue weighted by Crippen LogP contribution is 2.50. The highest BCUT2D eigenvalue weighted by Gasteiger charge is 2.48. The summed E-state index contributed by atoms with van der Waals surface area (Å²) in [4.78, 5) is 95.0. The quantitative estimate of drug-likeness (QED) is 0.0671. The standard InChI is InChI=1S/C43H43N5O6.C43H45N5O5/c1-25-4-9-30(39-26(2)46-54-27(39)3)20-37(25)47(32-12-10-31(11-13-32)43(24-44)18-19-43)22-28-5-7-29(8-6-28)23-53-33-14-15-34-35(21-33)42(52)48(41(34)51)36-16-17-38(49)45-40(36)50;1-26-4-9-31(40-27(2)46-53-28(40)3)21-38(26)47(34-12-10-33(11-13-34)43(25-44)18-19-43)22-29-5-7-30(8-6-29)24-52-35-14-15-36-32(20-35)23-48(42(36)51)37-16-17-39(49)45-41(37)50/h4,9-15,20-21,28-29,36H,5-8,16-19,22-23H2,1-3H3,(H,45,49,50);4,9-15,20-21,29-30,37H,5-8,16-19,22-24H2,1-3H3,(H,45,49,50). The van der Waals surface area contributed by atoms with E-state index in [1.807, 2.05) is 39.8 Å². The lowest BCUT2D eigenvalue weighted by Gasteiger charge is -2.35. The number of piperidine rings is 2. The Morgan fingerprint density at radius 1 is 0.486 bits per heavy atom. The van der Waals surface area contributed by atoms with Gasteiger partial charge in [-0.1, -0.05) is 58.8 Å². The normalized spacial score (nSPS) is 21.8. The van der Waals surface area contributed by atoms with Gasteiger partial charge in [-0.25, -0.2) is 0 Å². The number of carbonyl (C=O) groups excluding carboxylic acids is 7. The topological polar surface area (TPSA) is 275 Å². The molecular formula is C86H88N10O11. The van der Waals surface area contributed by atoms with Crippen molar-refractivity contribution in [1.29, 1.82) is 10.5 Å².